The van der Waals surface area contributed by atoms with Crippen LogP contribution >= 0.6 is 0 Å². The highest BCUT2D eigenvalue weighted by Gasteiger charge is 2.26. The van der Waals surface area contributed by atoms with Crippen LogP contribution in [0, 0.1) is 20.2 Å². The summed E-state index contributed by atoms with van der Waals surface area (Å²) < 4.78 is 0. The van der Waals surface area contributed by atoms with Gasteiger partial charge in [-0.15, -0.1) is 0 Å². The van der Waals surface area contributed by atoms with Gasteiger partial charge in [-0.2, -0.15) is 0 Å². The Hall–Kier alpha value is -3.75. The van der Waals surface area contributed by atoms with Crippen molar-refractivity contribution in [1.29, 1.82) is 0 Å². The number of hydrogen-bond donors (Lipinski definition) is 1. The van der Waals surface area contributed by atoms with Crippen LogP contribution in [0.5, 0.6) is 0 Å². The molecule has 132 valence electrons. The zero-order valence-corrected chi connectivity index (χ0v) is 13.7. The average molecular weight is 354 g/mol. The number of benzene rings is 2. The van der Waals surface area contributed by atoms with Crippen molar-refractivity contribution >= 4 is 29.0 Å². The van der Waals surface area contributed by atoms with Crippen LogP contribution in [0.3, 0.4) is 0 Å². The van der Waals surface area contributed by atoms with Crippen molar-refractivity contribution < 1.29 is 14.6 Å². The monoisotopic (exact) mass is 354 g/mol. The molecule has 9 nitrogen and oxygen atoms in total. The number of carbonyl (C=O) groups is 1. The van der Waals surface area contributed by atoms with Gasteiger partial charge in [-0.05, 0) is 30.4 Å². The molecule has 3 rings (SSSR count). The van der Waals surface area contributed by atoms with Crippen LogP contribution in [0.1, 0.15) is 15.9 Å². The number of non-ortho nitro benzene ring substituents is 1. The summed E-state index contributed by atoms with van der Waals surface area (Å²) in [6, 6.07) is 10.0. The van der Waals surface area contributed by atoms with Crippen LogP contribution in [0.4, 0.5) is 17.1 Å². The van der Waals surface area contributed by atoms with Gasteiger partial charge in [-0.25, -0.2) is 0 Å². The van der Waals surface area contributed by atoms with Crippen molar-refractivity contribution in [1.82, 2.24) is 5.32 Å². The predicted molar refractivity (Wildman–Crippen MR) is 94.9 cm³/mol. The molecule has 26 heavy (non-hydrogen) atoms. The quantitative estimate of drug-likeness (QED) is 0.666. The third-order valence-electron chi connectivity index (χ3n) is 4.12. The van der Waals surface area contributed by atoms with Crippen LogP contribution in [0.2, 0.25) is 0 Å². The Labute approximate surface area is 147 Å². The minimum absolute atomic E-state index is 0.00857. The van der Waals surface area contributed by atoms with Gasteiger partial charge in [-0.1, -0.05) is 6.07 Å². The van der Waals surface area contributed by atoms with Gasteiger partial charge in [-0.3, -0.25) is 25.0 Å². The molecule has 0 saturated heterocycles. The van der Waals surface area contributed by atoms with E-state index < -0.39 is 21.9 Å². The van der Waals surface area contributed by atoms with Crippen LogP contribution < -0.4 is 10.2 Å². The number of carbonyl (C=O) groups excluding carboxylic acids is 1. The molecule has 1 aliphatic heterocycles. The third-order valence-corrected chi connectivity index (χ3v) is 4.12. The first-order valence-corrected chi connectivity index (χ1v) is 7.62. The zero-order valence-electron chi connectivity index (χ0n) is 13.7. The van der Waals surface area contributed by atoms with Crippen LogP contribution in [-0.2, 0) is 0 Å². The molecule has 1 amide bonds. The summed E-state index contributed by atoms with van der Waals surface area (Å²) >= 11 is 0. The lowest BCUT2D eigenvalue weighted by molar-refractivity contribution is -0.385. The predicted octanol–water partition coefficient (Wildman–Crippen LogP) is 2.72. The van der Waals surface area contributed by atoms with Gasteiger partial charge in [0.25, 0.3) is 17.3 Å². The summed E-state index contributed by atoms with van der Waals surface area (Å²) in [6.07, 6.45) is 2.75. The smallest absolute Gasteiger partial charge is 0.278 e. The molecule has 1 heterocycles. The molecule has 1 unspecified atom stereocenters. The molecule has 2 aromatic rings. The number of nitrogens with zero attached hydrogens (tertiary/aromatic N) is 3. The average Bonchev–Trinajstić information content (AvgIpc) is 2.63. The van der Waals surface area contributed by atoms with E-state index in [0.29, 0.717) is 11.3 Å². The highest BCUT2D eigenvalue weighted by molar-refractivity contribution is 5.95. The number of rotatable bonds is 4. The second-order valence-corrected chi connectivity index (χ2v) is 5.66. The number of anilines is 1. The summed E-state index contributed by atoms with van der Waals surface area (Å²) in [5.41, 5.74) is 1.27. The van der Waals surface area contributed by atoms with Gasteiger partial charge < -0.3 is 10.2 Å². The van der Waals surface area contributed by atoms with E-state index in [2.05, 4.69) is 5.32 Å². The van der Waals surface area contributed by atoms with Crippen LogP contribution in [-0.4, -0.2) is 29.0 Å². The first-order chi connectivity index (χ1) is 12.4. The standard InChI is InChI=1S/C17H14N4O5/c1-19-14-3-2-4-15(21(25)26)13(14)9-10-16(19)18-17(22)11-5-7-12(8-6-11)20(23)24/h2-10,16H,1H3,(H,18,22). The van der Waals surface area contributed by atoms with Crippen LogP contribution in [0.15, 0.2) is 48.5 Å². The molecular formula is C17H14N4O5. The van der Waals surface area contributed by atoms with Gasteiger partial charge in [0.2, 0.25) is 0 Å². The van der Waals surface area contributed by atoms with Crippen molar-refractivity contribution in [2.45, 2.75) is 6.17 Å². The SMILES string of the molecule is CN1c2cccc([N+](=O)[O-])c2C=CC1NC(=O)c1ccc([N+](=O)[O-])cc1. The molecule has 0 aromatic heterocycles. The lowest BCUT2D eigenvalue weighted by Crippen LogP contribution is -2.46. The van der Waals surface area contributed by atoms with Gasteiger partial charge in [0, 0.05) is 30.8 Å². The topological polar surface area (TPSA) is 119 Å². The Balaban J connectivity index is 1.80. The van der Waals surface area contributed by atoms with E-state index in [4.69, 9.17) is 0 Å². The second-order valence-electron chi connectivity index (χ2n) is 5.66. The number of hydrogen-bond acceptors (Lipinski definition) is 6. The minimum Gasteiger partial charge on any atom is -0.350 e. The first-order valence-electron chi connectivity index (χ1n) is 7.62. The van der Waals surface area contributed by atoms with Crippen LogP contribution in [0.25, 0.3) is 6.08 Å². The van der Waals surface area contributed by atoms with E-state index in [1.54, 1.807) is 36.2 Å². The fraction of sp³-hybridized carbons (Fsp3) is 0.118. The summed E-state index contributed by atoms with van der Waals surface area (Å²) in [5.74, 6) is -0.407. The molecule has 0 aliphatic carbocycles. The number of nitro benzene ring substituents is 2. The van der Waals surface area contributed by atoms with Gasteiger partial charge in [0.05, 0.1) is 21.1 Å². The summed E-state index contributed by atoms with van der Waals surface area (Å²) in [4.78, 5) is 34.9. The molecule has 0 bridgehead atoms. The van der Waals surface area contributed by atoms with E-state index in [-0.39, 0.29) is 16.9 Å². The molecule has 0 fully saturated rings. The zero-order chi connectivity index (χ0) is 18.8. The summed E-state index contributed by atoms with van der Waals surface area (Å²) in [7, 11) is 1.72. The van der Waals surface area contributed by atoms with E-state index in [9.17, 15) is 25.0 Å². The maximum atomic E-state index is 12.4. The van der Waals surface area contributed by atoms with Crippen molar-refractivity contribution in [2.24, 2.45) is 0 Å². The molecule has 9 heteroatoms. The Morgan fingerprint density at radius 1 is 1.08 bits per heavy atom. The number of amides is 1. The van der Waals surface area contributed by atoms with Crippen molar-refractivity contribution in [3.05, 3.63) is 79.9 Å². The molecule has 2 aromatic carbocycles. The van der Waals surface area contributed by atoms with E-state index in [1.165, 1.54) is 30.3 Å². The lowest BCUT2D eigenvalue weighted by Gasteiger charge is -2.32. The highest BCUT2D eigenvalue weighted by Crippen LogP contribution is 2.33. The number of likely N-dealkylation sites (N-methyl/N-ethyl adjacent to an activating group) is 1. The third kappa shape index (κ3) is 3.09. The molecule has 0 radical (unpaired) electrons. The molecule has 0 saturated carbocycles. The van der Waals surface area contributed by atoms with Crippen molar-refractivity contribution in [3.8, 4) is 0 Å². The first kappa shape index (κ1) is 17.1. The van der Waals surface area contributed by atoms with Crippen molar-refractivity contribution in [2.75, 3.05) is 11.9 Å². The Morgan fingerprint density at radius 3 is 2.38 bits per heavy atom. The molecule has 1 atom stereocenters. The molecule has 0 spiro atoms. The second kappa shape index (κ2) is 6.63. The Morgan fingerprint density at radius 2 is 1.77 bits per heavy atom. The highest BCUT2D eigenvalue weighted by atomic mass is 16.6. The minimum atomic E-state index is -0.539. The Kier molecular flexibility index (Phi) is 4.36. The maximum Gasteiger partial charge on any atom is 0.278 e. The van der Waals surface area contributed by atoms with Gasteiger partial charge in [0.15, 0.2) is 0 Å². The van der Waals surface area contributed by atoms with Gasteiger partial charge in [0.1, 0.15) is 6.17 Å². The normalized spacial score (nSPS) is 15.3. The van der Waals surface area contributed by atoms with E-state index in [1.807, 2.05) is 0 Å². The fourth-order valence-corrected chi connectivity index (χ4v) is 2.74. The molecule has 1 aliphatic rings. The summed E-state index contributed by atoms with van der Waals surface area (Å²) in [6.45, 7) is 0. The number of nitrogens with one attached hydrogen (secondary N) is 1. The largest absolute Gasteiger partial charge is 0.350 e. The van der Waals surface area contributed by atoms with Crippen molar-refractivity contribution in [3.63, 3.8) is 0 Å². The maximum absolute atomic E-state index is 12.4. The molecule has 1 N–H and O–H groups in total. The summed E-state index contributed by atoms with van der Waals surface area (Å²) in [5, 5.41) is 24.6. The van der Waals surface area contributed by atoms with E-state index in [0.717, 1.165) is 0 Å². The number of nitro groups is 2. The fourth-order valence-electron chi connectivity index (χ4n) is 2.74. The molecular weight excluding hydrogens is 340 g/mol. The lowest BCUT2D eigenvalue weighted by atomic mass is 10.0. The van der Waals surface area contributed by atoms with Gasteiger partial charge >= 0.3 is 0 Å². The number of fused-ring (bicyclic) bond motifs is 1. The van der Waals surface area contributed by atoms with E-state index >= 15 is 0 Å². The Bertz CT molecular complexity index is 923.